The van der Waals surface area contributed by atoms with Crippen molar-refractivity contribution in [3.05, 3.63) is 181 Å². The summed E-state index contributed by atoms with van der Waals surface area (Å²) in [6.45, 7) is 4.35. The Bertz CT molecular complexity index is 2690. The van der Waals surface area contributed by atoms with E-state index in [1.54, 1.807) is 0 Å². The summed E-state index contributed by atoms with van der Waals surface area (Å²) in [4.78, 5) is 4.47. The van der Waals surface area contributed by atoms with E-state index in [-0.39, 0.29) is 26.9 Å². The molecular formula is C46H31FN4OPt. The molecule has 0 spiro atoms. The first-order chi connectivity index (χ1) is 25.5. The van der Waals surface area contributed by atoms with Crippen LogP contribution in [0, 0.1) is 31.8 Å². The number of fused-ring (bicyclic) bond motifs is 3. The molecule has 5 nitrogen and oxygen atoms in total. The summed E-state index contributed by atoms with van der Waals surface area (Å²) in [6.07, 6.45) is 5.46. The standard InChI is InChI=1S/C46H31FN4O.Pt/c1-30-24-31(2)45(33-14-7-4-8-15-33)46(44(30)32-12-5-3-6-13-32)34-28-49-50(29-34)36-16-11-17-37(26-36)52-38-20-21-40-39-18-9-10-19-41(39)51(42(40)27-38)43-25-35(47)22-23-48-43;/h3-25,28-29H,1-2H3;/q-2;+2. The molecule has 3 heterocycles. The monoisotopic (exact) mass is 869 g/mol. The molecule has 0 radical (unpaired) electrons. The molecule has 9 rings (SSSR count). The van der Waals surface area contributed by atoms with E-state index in [9.17, 15) is 4.39 Å². The number of rotatable bonds is 7. The van der Waals surface area contributed by atoms with Gasteiger partial charge < -0.3 is 9.30 Å². The van der Waals surface area contributed by atoms with Crippen molar-refractivity contribution in [3.63, 3.8) is 0 Å². The Morgan fingerprint density at radius 3 is 2.02 bits per heavy atom. The van der Waals surface area contributed by atoms with Crippen LogP contribution in [0.25, 0.3) is 66.7 Å². The van der Waals surface area contributed by atoms with Gasteiger partial charge in [-0.15, -0.1) is 35.7 Å². The van der Waals surface area contributed by atoms with Gasteiger partial charge in [0.15, 0.2) is 0 Å². The molecule has 0 atom stereocenters. The maximum Gasteiger partial charge on any atom is 2.00 e. The van der Waals surface area contributed by atoms with Crippen molar-refractivity contribution in [2.45, 2.75) is 13.8 Å². The molecule has 7 heteroatoms. The molecule has 0 unspecified atom stereocenters. The van der Waals surface area contributed by atoms with E-state index in [0.29, 0.717) is 17.3 Å². The maximum absolute atomic E-state index is 14.3. The van der Waals surface area contributed by atoms with Crippen LogP contribution in [0.4, 0.5) is 4.39 Å². The van der Waals surface area contributed by atoms with E-state index >= 15 is 0 Å². The second-order valence-corrected chi connectivity index (χ2v) is 12.8. The summed E-state index contributed by atoms with van der Waals surface area (Å²) in [7, 11) is 0. The van der Waals surface area contributed by atoms with Gasteiger partial charge in [-0.3, -0.25) is 4.68 Å². The molecule has 0 aliphatic heterocycles. The minimum Gasteiger partial charge on any atom is -0.509 e. The molecule has 6 aromatic carbocycles. The molecular weight excluding hydrogens is 839 g/mol. The second-order valence-electron chi connectivity index (χ2n) is 12.8. The predicted molar refractivity (Wildman–Crippen MR) is 206 cm³/mol. The van der Waals surface area contributed by atoms with Crippen molar-refractivity contribution in [3.8, 4) is 56.4 Å². The smallest absolute Gasteiger partial charge is 0.509 e. The van der Waals surface area contributed by atoms with E-state index in [1.807, 2.05) is 82.2 Å². The third kappa shape index (κ3) is 6.26. The number of para-hydroxylation sites is 1. The van der Waals surface area contributed by atoms with Gasteiger partial charge in [0.05, 0.1) is 6.20 Å². The average Bonchev–Trinajstić information content (AvgIpc) is 3.79. The minimum absolute atomic E-state index is 0. The zero-order chi connectivity index (χ0) is 35.2. The summed E-state index contributed by atoms with van der Waals surface area (Å²) >= 11 is 0. The SMILES string of the molecule is Cc1cc(C)c(-c2ccccc2)c(-c2cnn(-c3[c-]c(Oc4[c-]c5c(cc4)c4ccccc4n5-c4cc(F)ccn4)ccc3)c2)c1-c1ccccc1.[Pt+2]. The maximum atomic E-state index is 14.3. The van der Waals surface area contributed by atoms with E-state index in [2.05, 4.69) is 91.8 Å². The molecule has 258 valence electrons. The molecule has 0 N–H and O–H groups in total. The van der Waals surface area contributed by atoms with Crippen LogP contribution in [0.2, 0.25) is 0 Å². The largest absolute Gasteiger partial charge is 2.00 e. The molecule has 3 aromatic heterocycles. The Labute approximate surface area is 321 Å². The van der Waals surface area contributed by atoms with Crippen LogP contribution in [0.1, 0.15) is 11.1 Å². The van der Waals surface area contributed by atoms with Crippen LogP contribution in [-0.2, 0) is 21.1 Å². The van der Waals surface area contributed by atoms with Crippen LogP contribution < -0.4 is 4.74 Å². The third-order valence-corrected chi connectivity index (χ3v) is 9.43. The van der Waals surface area contributed by atoms with Crippen molar-refractivity contribution < 1.29 is 30.2 Å². The Kier molecular flexibility index (Phi) is 9.07. The van der Waals surface area contributed by atoms with E-state index in [4.69, 9.17) is 9.84 Å². The number of hydrogen-bond donors (Lipinski definition) is 0. The zero-order valence-electron chi connectivity index (χ0n) is 28.8. The fourth-order valence-electron chi connectivity index (χ4n) is 7.25. The zero-order valence-corrected chi connectivity index (χ0v) is 31.1. The Balaban J connectivity index is 0.00000400. The van der Waals surface area contributed by atoms with Crippen molar-refractivity contribution in [2.24, 2.45) is 0 Å². The average molecular weight is 870 g/mol. The molecule has 9 aromatic rings. The van der Waals surface area contributed by atoms with E-state index < -0.39 is 0 Å². The molecule has 0 fully saturated rings. The van der Waals surface area contributed by atoms with Gasteiger partial charge in [0.25, 0.3) is 0 Å². The number of benzene rings is 6. The summed E-state index contributed by atoms with van der Waals surface area (Å²) in [5.74, 6) is 1.12. The molecule has 53 heavy (non-hydrogen) atoms. The first kappa shape index (κ1) is 34.0. The van der Waals surface area contributed by atoms with Gasteiger partial charge in [-0.2, -0.15) is 17.2 Å². The van der Waals surface area contributed by atoms with Crippen molar-refractivity contribution >= 4 is 21.8 Å². The topological polar surface area (TPSA) is 44.9 Å². The van der Waals surface area contributed by atoms with Gasteiger partial charge >= 0.3 is 21.1 Å². The fourth-order valence-corrected chi connectivity index (χ4v) is 7.25. The summed E-state index contributed by atoms with van der Waals surface area (Å²) in [5.41, 5.74) is 11.6. The number of ether oxygens (including phenoxy) is 1. The number of pyridine rings is 1. The summed E-state index contributed by atoms with van der Waals surface area (Å²) < 4.78 is 24.5. The fraction of sp³-hybridized carbons (Fsp3) is 0.0435. The third-order valence-electron chi connectivity index (χ3n) is 9.43. The van der Waals surface area contributed by atoms with Gasteiger partial charge in [0, 0.05) is 46.6 Å². The van der Waals surface area contributed by atoms with Gasteiger partial charge in [-0.25, -0.2) is 9.37 Å². The molecule has 0 bridgehead atoms. The van der Waals surface area contributed by atoms with Crippen molar-refractivity contribution in [1.29, 1.82) is 0 Å². The van der Waals surface area contributed by atoms with Crippen LogP contribution in [0.15, 0.2) is 152 Å². The van der Waals surface area contributed by atoms with Gasteiger partial charge in [-0.1, -0.05) is 90.4 Å². The summed E-state index contributed by atoms with van der Waals surface area (Å²) in [6, 6.07) is 50.6. The first-order valence-corrected chi connectivity index (χ1v) is 17.1. The van der Waals surface area contributed by atoms with Crippen LogP contribution in [-0.4, -0.2) is 19.3 Å². The normalized spacial score (nSPS) is 11.2. The van der Waals surface area contributed by atoms with Crippen molar-refractivity contribution in [2.75, 3.05) is 0 Å². The molecule has 0 aliphatic rings. The van der Waals surface area contributed by atoms with Gasteiger partial charge in [0.2, 0.25) is 0 Å². The first-order valence-electron chi connectivity index (χ1n) is 17.1. The minimum atomic E-state index is -0.360. The molecule has 0 amide bonds. The van der Waals surface area contributed by atoms with Crippen LogP contribution in [0.3, 0.4) is 0 Å². The van der Waals surface area contributed by atoms with E-state index in [0.717, 1.165) is 49.7 Å². The molecule has 0 aliphatic carbocycles. The number of nitrogens with zero attached hydrogens (tertiary/aromatic N) is 4. The Morgan fingerprint density at radius 2 is 1.30 bits per heavy atom. The number of aromatic nitrogens is 4. The second kappa shape index (κ2) is 14.1. The molecule has 0 saturated heterocycles. The van der Waals surface area contributed by atoms with E-state index in [1.165, 1.54) is 40.6 Å². The quantitative estimate of drug-likeness (QED) is 0.150. The Hall–Kier alpha value is -6.10. The number of aryl methyl sites for hydroxylation is 2. The van der Waals surface area contributed by atoms with Crippen LogP contribution in [0.5, 0.6) is 11.5 Å². The van der Waals surface area contributed by atoms with Gasteiger partial charge in [0.1, 0.15) is 11.6 Å². The van der Waals surface area contributed by atoms with Crippen molar-refractivity contribution in [1.82, 2.24) is 19.3 Å². The predicted octanol–water partition coefficient (Wildman–Crippen LogP) is 11.5. The number of hydrogen-bond acceptors (Lipinski definition) is 3. The van der Waals surface area contributed by atoms with Gasteiger partial charge in [-0.05, 0) is 70.4 Å². The Morgan fingerprint density at radius 1 is 0.623 bits per heavy atom. The van der Waals surface area contributed by atoms with Crippen LogP contribution >= 0.6 is 0 Å². The summed E-state index contributed by atoms with van der Waals surface area (Å²) in [5, 5.41) is 6.82. The molecule has 0 saturated carbocycles. The number of halogens is 1.